The maximum absolute atomic E-state index is 7.80. The van der Waals surface area contributed by atoms with Gasteiger partial charge in [0.1, 0.15) is 0 Å². The van der Waals surface area contributed by atoms with Crippen molar-refractivity contribution in [2.45, 2.75) is 213 Å². The summed E-state index contributed by atoms with van der Waals surface area (Å²) in [7, 11) is -10.7. The first-order valence-corrected chi connectivity index (χ1v) is 49.5. The molecule has 0 radical (unpaired) electrons. The molecule has 1 aliphatic rings. The van der Waals surface area contributed by atoms with Crippen LogP contribution in [0, 0.1) is 20.8 Å². The number of oxime groups is 1. The van der Waals surface area contributed by atoms with Gasteiger partial charge in [-0.3, -0.25) is 0 Å². The minimum absolute atomic E-state index is 0.350. The Morgan fingerprint density at radius 1 is 0.410 bits per heavy atom. The Morgan fingerprint density at radius 2 is 0.721 bits per heavy atom. The molecular weight excluding hydrogens is 896 g/mol. The first-order chi connectivity index (χ1) is 27.3. The quantitative estimate of drug-likeness (QED) is 0.139. The van der Waals surface area contributed by atoms with Crippen LogP contribution in [-0.4, -0.2) is 66.6 Å². The van der Waals surface area contributed by atoms with Gasteiger partial charge in [0.05, 0.1) is 0 Å². The first-order valence-electron chi connectivity index (χ1n) is 24.0. The number of hydrogen-bond donors (Lipinski definition) is 0. The van der Waals surface area contributed by atoms with Gasteiger partial charge < -0.3 is 0 Å². The molecular formula is C52H93GeNOSi6. The predicted molar refractivity (Wildman–Crippen MR) is 297 cm³/mol. The van der Waals surface area contributed by atoms with Crippen molar-refractivity contribution in [3.63, 3.8) is 0 Å². The zero-order valence-electron chi connectivity index (χ0n) is 44.8. The van der Waals surface area contributed by atoms with Gasteiger partial charge in [-0.25, -0.2) is 0 Å². The van der Waals surface area contributed by atoms with Gasteiger partial charge in [-0.2, -0.15) is 0 Å². The third-order valence-electron chi connectivity index (χ3n) is 13.7. The molecule has 0 saturated carbocycles. The summed E-state index contributed by atoms with van der Waals surface area (Å²) in [5.74, 6) is 1.15. The molecule has 340 valence electrons. The van der Waals surface area contributed by atoms with Gasteiger partial charge in [0.2, 0.25) is 0 Å². The van der Waals surface area contributed by atoms with Crippen molar-refractivity contribution in [1.29, 1.82) is 0 Å². The van der Waals surface area contributed by atoms with Crippen molar-refractivity contribution in [3.05, 3.63) is 92.0 Å². The molecule has 0 aromatic heterocycles. The van der Waals surface area contributed by atoms with Crippen LogP contribution in [0.15, 0.2) is 41.6 Å². The summed E-state index contributed by atoms with van der Waals surface area (Å²) < 4.78 is 12.4. The third kappa shape index (κ3) is 10.5. The average Bonchev–Trinajstić information content (AvgIpc) is 2.98. The number of aryl methyl sites for hydroxylation is 3. The van der Waals surface area contributed by atoms with E-state index in [0.717, 1.165) is 0 Å². The Morgan fingerprint density at radius 3 is 0.984 bits per heavy atom. The summed E-state index contributed by atoms with van der Waals surface area (Å²) in [6.07, 6.45) is 0. The Kier molecular flexibility index (Phi) is 15.2. The molecule has 0 N–H and O–H groups in total. The van der Waals surface area contributed by atoms with Crippen molar-refractivity contribution in [2.24, 2.45) is 5.16 Å². The molecule has 0 amide bonds. The third-order valence-corrected chi connectivity index (χ3v) is 49.9. The fourth-order valence-corrected chi connectivity index (χ4v) is 62.7. The molecule has 9 heteroatoms. The van der Waals surface area contributed by atoms with E-state index in [1.54, 1.807) is 25.5 Å². The Bertz CT molecular complexity index is 1980. The van der Waals surface area contributed by atoms with E-state index >= 15 is 0 Å². The summed E-state index contributed by atoms with van der Waals surface area (Å²) in [6, 6.07) is 15.9. The van der Waals surface area contributed by atoms with E-state index in [4.69, 9.17) is 9.02 Å². The van der Waals surface area contributed by atoms with Gasteiger partial charge >= 0.3 is 390 Å². The van der Waals surface area contributed by atoms with Gasteiger partial charge in [0.15, 0.2) is 0 Å². The summed E-state index contributed by atoms with van der Waals surface area (Å²) in [6.45, 7) is 70.1. The van der Waals surface area contributed by atoms with Gasteiger partial charge in [-0.05, 0) is 0 Å². The molecule has 4 rings (SSSR count). The van der Waals surface area contributed by atoms with Crippen LogP contribution in [0.2, 0.25) is 118 Å². The van der Waals surface area contributed by atoms with Crippen LogP contribution in [0.4, 0.5) is 0 Å². The summed E-state index contributed by atoms with van der Waals surface area (Å²) in [4.78, 5) is 0. The molecule has 0 saturated heterocycles. The van der Waals surface area contributed by atoms with Crippen LogP contribution >= 0.6 is 0 Å². The van der Waals surface area contributed by atoms with E-state index in [0.29, 0.717) is 33.2 Å². The van der Waals surface area contributed by atoms with Crippen molar-refractivity contribution in [3.8, 4) is 0 Å². The normalized spacial score (nSPS) is 17.3. The maximum atomic E-state index is 7.80. The van der Waals surface area contributed by atoms with Crippen molar-refractivity contribution < 1.29 is 3.86 Å². The van der Waals surface area contributed by atoms with E-state index in [1.165, 1.54) is 43.5 Å². The number of rotatable bonds is 15. The van der Waals surface area contributed by atoms with Crippen LogP contribution in [-0.2, 0) is 3.86 Å². The summed E-state index contributed by atoms with van der Waals surface area (Å²) in [5.41, 5.74) is 15.0. The SMILES string of the molecule is Cc1cc(C)c([C]2=N[O][Ge]2([c]2c(C(C)C)cc(C(C)C)cc2C(C)C)[c]2c(C([Si](C)(C)C)[Si](C)(C)C)cc(C([Si](C)(C)C)[Si](C)(C)C)cc2C([Si](C)(C)C)[Si](C)(C)C)c(C)c1. The topological polar surface area (TPSA) is 21.6 Å². The fraction of sp³-hybridized carbons (Fsp3) is 0.635. The van der Waals surface area contributed by atoms with Crippen LogP contribution in [0.1, 0.15) is 130 Å². The van der Waals surface area contributed by atoms with Crippen LogP contribution in [0.25, 0.3) is 0 Å². The van der Waals surface area contributed by atoms with Gasteiger partial charge in [-0.1, -0.05) is 0 Å². The molecule has 0 aliphatic carbocycles. The van der Waals surface area contributed by atoms with E-state index in [1.807, 2.05) is 0 Å². The van der Waals surface area contributed by atoms with Gasteiger partial charge in [0.25, 0.3) is 0 Å². The summed E-state index contributed by atoms with van der Waals surface area (Å²) >= 11 is -4.20. The monoisotopic (exact) mass is 990 g/mol. The molecule has 1 heterocycles. The van der Waals surface area contributed by atoms with E-state index in [9.17, 15) is 0 Å². The molecule has 1 aliphatic heterocycles. The van der Waals surface area contributed by atoms with Crippen molar-refractivity contribution in [1.82, 2.24) is 0 Å². The average molecular weight is 989 g/mol. The standard InChI is InChI=1S/C52H93GeNOSi6/c1-34(2)40-30-42(35(3)4)47(43(31-40)36(5)6)53(49(54-55-53)46-38(8)28-37(7)29-39(46)9)48-44(51(58(16,17)18)59(19,20)21)32-41(50(56(10,11)12)57(13,14)15)33-45(48)52(60(22,23)24)61(25,26)27/h28-36,50-52H,1-27H3. The molecule has 3 aromatic rings. The number of nitrogens with zero attached hydrogens (tertiary/aromatic N) is 1. The predicted octanol–water partition coefficient (Wildman–Crippen LogP) is 15.5. The van der Waals surface area contributed by atoms with Crippen molar-refractivity contribution >= 4 is 75.4 Å². The molecule has 1 atom stereocenters. The van der Waals surface area contributed by atoms with Gasteiger partial charge in [-0.15, -0.1) is 0 Å². The fourth-order valence-electron chi connectivity index (χ4n) is 13.3. The molecule has 2 nitrogen and oxygen atoms in total. The van der Waals surface area contributed by atoms with E-state index in [-0.39, 0.29) is 0 Å². The zero-order valence-corrected chi connectivity index (χ0v) is 52.9. The van der Waals surface area contributed by atoms with Crippen molar-refractivity contribution in [2.75, 3.05) is 0 Å². The second kappa shape index (κ2) is 17.6. The molecule has 3 aromatic carbocycles. The van der Waals surface area contributed by atoms with Gasteiger partial charge in [0, 0.05) is 0 Å². The Labute approximate surface area is 387 Å². The molecule has 0 spiro atoms. The Hall–Kier alpha value is -1.03. The summed E-state index contributed by atoms with van der Waals surface area (Å²) in [5, 5.41) is 7.18. The second-order valence-electron chi connectivity index (χ2n) is 27.1. The second-order valence-corrected chi connectivity index (χ2v) is 67.0. The molecule has 0 fully saturated rings. The van der Waals surface area contributed by atoms with Crippen LogP contribution < -0.4 is 8.79 Å². The van der Waals surface area contributed by atoms with Crippen LogP contribution in [0.3, 0.4) is 0 Å². The Balaban J connectivity index is 2.63. The molecule has 61 heavy (non-hydrogen) atoms. The molecule has 1 unspecified atom stereocenters. The first kappa shape index (κ1) is 52.6. The zero-order chi connectivity index (χ0) is 47.1. The van der Waals surface area contributed by atoms with E-state index < -0.39 is 62.0 Å². The number of hydrogen-bond acceptors (Lipinski definition) is 2. The number of benzene rings is 3. The van der Waals surface area contributed by atoms with Crippen LogP contribution in [0.5, 0.6) is 0 Å². The molecule has 0 bridgehead atoms. The minimum atomic E-state index is -4.20. The van der Waals surface area contributed by atoms with E-state index in [2.05, 4.69) is 217 Å².